The number of aromatic nitrogens is 5. The van der Waals surface area contributed by atoms with Crippen molar-refractivity contribution in [3.8, 4) is 57.0 Å². The summed E-state index contributed by atoms with van der Waals surface area (Å²) in [4.78, 5) is 4.92. The standard InChI is InChI=1S/C63H40N6O.Pt/c1-39-28-29-65-61(30-39)68-57-34-45(26-27-49(57)50-35-51-53-32-41(37-64)31-52-48-18-9-10-21-54(48)69(63(52)53)59(51)36-58(50)68)70-60-33-44(25-24-40(60)2)66-38-67(56-23-12-11-22-55(56)66)62-46(42-14-5-3-6-15-42)19-13-20-47(62)43-16-7-4-8-17-43;/h3-36H,1-2H3;/i2D3;. The number of aryl methyl sites for hydroxylation is 2. The van der Waals surface area contributed by atoms with Crippen LogP contribution in [-0.4, -0.2) is 23.1 Å². The number of ether oxygens (including phenoxy) is 1. The molecule has 338 valence electrons. The Kier molecular flexibility index (Phi) is 8.51. The maximum Gasteiger partial charge on any atom is 0.0621 e. The van der Waals surface area contributed by atoms with Gasteiger partial charge in [-0.15, -0.1) is 0 Å². The third kappa shape index (κ3) is 6.25. The fourth-order valence-electron chi connectivity index (χ4n) is 10.9. The number of rotatable bonds is 7. The Balaban J connectivity index is 0.969. The Morgan fingerprint density at radius 1 is 0.535 bits per heavy atom. The van der Waals surface area contributed by atoms with E-state index in [1.165, 1.54) is 0 Å². The number of nitrogens with zero attached hydrogens (tertiary/aromatic N) is 6. The molecule has 0 aliphatic rings. The molecule has 8 heteroatoms. The van der Waals surface area contributed by atoms with Crippen molar-refractivity contribution in [2.45, 2.75) is 13.8 Å². The summed E-state index contributed by atoms with van der Waals surface area (Å²) in [6, 6.07) is 70.3. The maximum absolute atomic E-state index is 10.2. The fraction of sp³-hybridized carbons (Fsp3) is 0.0317. The minimum atomic E-state index is -2.49. The van der Waals surface area contributed by atoms with Gasteiger partial charge < -0.3 is 4.40 Å². The normalized spacial score (nSPS) is 12.7. The number of hydrogen-bond acceptors (Lipinski definition) is 3. The average molecular weight is 1100 g/mol. The third-order valence-corrected chi connectivity index (χ3v) is 15.0. The second-order valence-electron chi connectivity index (χ2n) is 18.1. The first-order valence-electron chi connectivity index (χ1n) is 24.9. The summed E-state index contributed by atoms with van der Waals surface area (Å²) in [6.07, 6.45) is 1.82. The molecule has 0 aliphatic heterocycles. The van der Waals surface area contributed by atoms with Crippen molar-refractivity contribution in [1.29, 1.82) is 5.26 Å². The molecule has 0 N–H and O–H groups in total. The summed E-state index contributed by atoms with van der Waals surface area (Å²) in [7, 11) is 0. The van der Waals surface area contributed by atoms with Gasteiger partial charge in [0.15, 0.2) is 0 Å². The van der Waals surface area contributed by atoms with Gasteiger partial charge in [-0.25, -0.2) is 0 Å². The summed E-state index contributed by atoms with van der Waals surface area (Å²) < 4.78 is 43.0. The van der Waals surface area contributed by atoms with E-state index in [0.29, 0.717) is 11.3 Å². The van der Waals surface area contributed by atoms with Crippen LogP contribution in [0.1, 0.15) is 20.8 Å². The molecule has 0 unspecified atom stereocenters. The van der Waals surface area contributed by atoms with E-state index in [2.05, 4.69) is 178 Å². The van der Waals surface area contributed by atoms with Crippen LogP contribution < -0.4 is 4.74 Å². The van der Waals surface area contributed by atoms with Gasteiger partial charge in [-0.05, 0) is 36.8 Å². The van der Waals surface area contributed by atoms with Crippen LogP contribution in [0.2, 0.25) is 0 Å². The minimum absolute atomic E-state index is 0.0969. The molecule has 7 nitrogen and oxygen atoms in total. The Hall–Kier alpha value is -8.82. The molecule has 0 atom stereocenters. The molecule has 9 aromatic carbocycles. The van der Waals surface area contributed by atoms with Crippen LogP contribution >= 0.6 is 0 Å². The first kappa shape index (κ1) is 38.1. The SMILES string of the molecule is [2H]C([2H])([2H])c1ccc(-n2[c](=[Pt])n(-c3c(-c4ccccc4)cccc3-c3ccccc3)c3ccccc32)cc1Oc1ccc2c3cc4c5cc(C#N)cc6c7ccccc7n(c4cc3n(-c3cc(C)ccn3)c2c1)c65. The van der Waals surface area contributed by atoms with E-state index < -0.39 is 6.85 Å². The predicted molar refractivity (Wildman–Crippen MR) is 284 cm³/mol. The van der Waals surface area contributed by atoms with Crippen molar-refractivity contribution in [3.63, 3.8) is 0 Å². The van der Waals surface area contributed by atoms with Crippen LogP contribution in [0.5, 0.6) is 11.5 Å². The summed E-state index contributed by atoms with van der Waals surface area (Å²) >= 11 is 2.41. The zero-order valence-electron chi connectivity index (χ0n) is 41.0. The number of para-hydroxylation sites is 4. The second kappa shape index (κ2) is 15.9. The second-order valence-corrected chi connectivity index (χ2v) is 19.1. The van der Waals surface area contributed by atoms with Gasteiger partial charge in [-0.3, -0.25) is 0 Å². The van der Waals surface area contributed by atoms with Gasteiger partial charge in [0.05, 0.1) is 28.2 Å². The molecular formula is C63H40N6OPt. The number of nitriles is 1. The molecule has 5 heterocycles. The molecular weight excluding hydrogens is 1050 g/mol. The van der Waals surface area contributed by atoms with E-state index in [0.717, 1.165) is 120 Å². The Bertz CT molecular complexity index is 4680. The van der Waals surface area contributed by atoms with Crippen LogP contribution in [0.15, 0.2) is 206 Å². The summed E-state index contributed by atoms with van der Waals surface area (Å²) in [5, 5.41) is 16.4. The van der Waals surface area contributed by atoms with E-state index in [1.807, 2.05) is 72.9 Å². The third-order valence-electron chi connectivity index (χ3n) is 14.0. The molecule has 0 spiro atoms. The van der Waals surface area contributed by atoms with E-state index in [1.54, 1.807) is 6.07 Å². The Morgan fingerprint density at radius 3 is 1.90 bits per heavy atom. The number of pyridine rings is 1. The molecule has 14 rings (SSSR count). The number of imidazole rings is 1. The first-order valence-corrected chi connectivity index (χ1v) is 24.5. The van der Waals surface area contributed by atoms with E-state index >= 15 is 0 Å². The molecule has 5 aromatic heterocycles. The number of hydrogen-bond donors (Lipinski definition) is 0. The topological polar surface area (TPSA) is 65.1 Å². The minimum Gasteiger partial charge on any atom is 0.0621 e. The Labute approximate surface area is 422 Å². The van der Waals surface area contributed by atoms with Crippen molar-refractivity contribution in [2.24, 2.45) is 0 Å². The molecule has 0 aliphatic carbocycles. The van der Waals surface area contributed by atoms with Crippen LogP contribution in [0, 0.1) is 28.9 Å². The van der Waals surface area contributed by atoms with E-state index in [-0.39, 0.29) is 11.3 Å². The average Bonchev–Trinajstić information content (AvgIpc) is 4.25. The van der Waals surface area contributed by atoms with Crippen LogP contribution in [0.4, 0.5) is 0 Å². The monoisotopic (exact) mass is 1090 g/mol. The molecule has 0 radical (unpaired) electrons. The molecule has 0 saturated carbocycles. The molecule has 0 bridgehead atoms. The van der Waals surface area contributed by atoms with Crippen molar-refractivity contribution >= 4 is 70.9 Å². The van der Waals surface area contributed by atoms with Gasteiger partial charge in [-0.1, -0.05) is 18.2 Å². The van der Waals surface area contributed by atoms with Crippen molar-refractivity contribution < 1.29 is 28.2 Å². The van der Waals surface area contributed by atoms with Gasteiger partial charge in [0, 0.05) is 27.7 Å². The van der Waals surface area contributed by atoms with Crippen LogP contribution in [-0.2, 0) is 19.4 Å². The number of fused-ring (bicyclic) bond motifs is 10. The summed E-state index contributed by atoms with van der Waals surface area (Å²) in [5.41, 5.74) is 14.8. The van der Waals surface area contributed by atoms with Gasteiger partial charge >= 0.3 is 305 Å². The fourth-order valence-corrected chi connectivity index (χ4v) is 12.0. The van der Waals surface area contributed by atoms with E-state index in [4.69, 9.17) is 13.8 Å². The molecule has 0 fully saturated rings. The van der Waals surface area contributed by atoms with Crippen LogP contribution in [0.3, 0.4) is 0 Å². The van der Waals surface area contributed by atoms with Gasteiger partial charge in [0.25, 0.3) is 0 Å². The largest absolute Gasteiger partial charge is 0.0621 e. The summed E-state index contributed by atoms with van der Waals surface area (Å²) in [6.45, 7) is -0.429. The van der Waals surface area contributed by atoms with Gasteiger partial charge in [0.2, 0.25) is 0 Å². The van der Waals surface area contributed by atoms with Crippen molar-refractivity contribution in [2.75, 3.05) is 0 Å². The first-order chi connectivity index (χ1) is 36.1. The maximum atomic E-state index is 10.2. The summed E-state index contributed by atoms with van der Waals surface area (Å²) in [5.74, 6) is 1.43. The quantitative estimate of drug-likeness (QED) is 0.160. The number of benzene rings is 9. The van der Waals surface area contributed by atoms with Gasteiger partial charge in [0.1, 0.15) is 0 Å². The van der Waals surface area contributed by atoms with E-state index in [9.17, 15) is 5.26 Å². The molecule has 0 amide bonds. The van der Waals surface area contributed by atoms with Crippen molar-refractivity contribution in [1.82, 2.24) is 23.1 Å². The van der Waals surface area contributed by atoms with Crippen LogP contribution in [0.25, 0.3) is 110 Å². The molecule has 14 aromatic rings. The zero-order chi connectivity index (χ0) is 50.0. The molecule has 71 heavy (non-hydrogen) atoms. The smallest absolute Gasteiger partial charge is 0.0621 e. The Morgan fingerprint density at radius 2 is 1.18 bits per heavy atom. The molecule has 0 saturated heterocycles. The van der Waals surface area contributed by atoms with Gasteiger partial charge in [-0.2, -0.15) is 5.26 Å². The van der Waals surface area contributed by atoms with Crippen molar-refractivity contribution in [3.05, 3.63) is 227 Å². The zero-order valence-corrected chi connectivity index (χ0v) is 40.3. The predicted octanol–water partition coefficient (Wildman–Crippen LogP) is 15.8.